The van der Waals surface area contributed by atoms with Crippen LogP contribution in [0.15, 0.2) is 18.2 Å². The number of aryl methyl sites for hydroxylation is 1. The number of benzene rings is 1. The minimum atomic E-state index is -0.325. The van der Waals surface area contributed by atoms with Crippen LogP contribution in [0.25, 0.3) is 0 Å². The van der Waals surface area contributed by atoms with Gasteiger partial charge in [-0.25, -0.2) is 4.39 Å². The van der Waals surface area contributed by atoms with Crippen molar-refractivity contribution in [2.75, 3.05) is 26.2 Å². The van der Waals surface area contributed by atoms with Crippen LogP contribution >= 0.6 is 0 Å². The molecule has 1 aliphatic rings. The summed E-state index contributed by atoms with van der Waals surface area (Å²) in [7, 11) is 0. The number of hydrazine groups is 1. The first-order valence-corrected chi connectivity index (χ1v) is 6.71. The predicted octanol–water partition coefficient (Wildman–Crippen LogP) is 1.36. The van der Waals surface area contributed by atoms with Crippen molar-refractivity contribution in [3.8, 4) is 0 Å². The third kappa shape index (κ3) is 3.30. The Labute approximate surface area is 113 Å². The first-order valence-electron chi connectivity index (χ1n) is 6.71. The predicted molar refractivity (Wildman–Crippen MR) is 73.1 cm³/mol. The molecule has 0 saturated carbocycles. The van der Waals surface area contributed by atoms with Gasteiger partial charge in [-0.2, -0.15) is 0 Å². The van der Waals surface area contributed by atoms with E-state index in [0.717, 1.165) is 25.2 Å². The Morgan fingerprint density at radius 3 is 3.05 bits per heavy atom. The van der Waals surface area contributed by atoms with Crippen molar-refractivity contribution in [2.45, 2.75) is 26.0 Å². The van der Waals surface area contributed by atoms with Gasteiger partial charge in [-0.15, -0.1) is 0 Å². The van der Waals surface area contributed by atoms with Crippen LogP contribution in [-0.2, 0) is 4.74 Å². The Morgan fingerprint density at radius 1 is 1.58 bits per heavy atom. The number of nitrogens with one attached hydrogen (secondary N) is 1. The Morgan fingerprint density at radius 2 is 2.37 bits per heavy atom. The van der Waals surface area contributed by atoms with Gasteiger partial charge >= 0.3 is 0 Å². The summed E-state index contributed by atoms with van der Waals surface area (Å²) >= 11 is 0. The van der Waals surface area contributed by atoms with Gasteiger partial charge in [0.25, 0.3) is 0 Å². The maximum Gasteiger partial charge on any atom is 0.128 e. The Bertz CT molecular complexity index is 427. The van der Waals surface area contributed by atoms with Crippen LogP contribution in [0.3, 0.4) is 0 Å². The van der Waals surface area contributed by atoms with E-state index in [0.29, 0.717) is 12.2 Å². The molecule has 1 aromatic rings. The molecule has 5 heteroatoms. The molecule has 0 aliphatic carbocycles. The number of morpholine rings is 1. The van der Waals surface area contributed by atoms with E-state index in [1.807, 2.05) is 13.0 Å². The molecule has 1 aliphatic heterocycles. The minimum Gasteiger partial charge on any atom is -0.374 e. The van der Waals surface area contributed by atoms with Gasteiger partial charge in [-0.3, -0.25) is 16.2 Å². The van der Waals surface area contributed by atoms with E-state index >= 15 is 0 Å². The van der Waals surface area contributed by atoms with Gasteiger partial charge in [0.2, 0.25) is 0 Å². The zero-order chi connectivity index (χ0) is 13.8. The molecule has 1 saturated heterocycles. The molecule has 19 heavy (non-hydrogen) atoms. The largest absolute Gasteiger partial charge is 0.374 e. The lowest BCUT2D eigenvalue weighted by Crippen LogP contribution is -2.49. The maximum absolute atomic E-state index is 14.0. The first kappa shape index (κ1) is 14.4. The molecule has 106 valence electrons. The molecule has 2 unspecified atom stereocenters. The third-order valence-electron chi connectivity index (χ3n) is 3.66. The lowest BCUT2D eigenvalue weighted by atomic mass is 9.98. The highest BCUT2D eigenvalue weighted by Crippen LogP contribution is 2.25. The summed E-state index contributed by atoms with van der Waals surface area (Å²) in [6.07, 6.45) is -0.130. The second-order valence-electron chi connectivity index (χ2n) is 4.97. The lowest BCUT2D eigenvalue weighted by Gasteiger charge is -2.36. The number of nitrogens with zero attached hydrogens (tertiary/aromatic N) is 1. The highest BCUT2D eigenvalue weighted by molar-refractivity contribution is 5.27. The fraction of sp³-hybridized carbons (Fsp3) is 0.571. The van der Waals surface area contributed by atoms with E-state index in [1.54, 1.807) is 6.07 Å². The zero-order valence-electron chi connectivity index (χ0n) is 11.5. The molecule has 0 aromatic heterocycles. The van der Waals surface area contributed by atoms with Crippen molar-refractivity contribution in [2.24, 2.45) is 5.84 Å². The van der Waals surface area contributed by atoms with Crippen molar-refractivity contribution in [3.05, 3.63) is 35.1 Å². The number of halogens is 1. The molecule has 2 atom stereocenters. The summed E-state index contributed by atoms with van der Waals surface area (Å²) in [5.74, 6) is 5.38. The Kier molecular flexibility index (Phi) is 4.87. The number of hydrogen-bond donors (Lipinski definition) is 2. The number of nitrogens with two attached hydrogens (primary N) is 1. The highest BCUT2D eigenvalue weighted by Gasteiger charge is 2.29. The lowest BCUT2D eigenvalue weighted by molar-refractivity contribution is -0.0461. The van der Waals surface area contributed by atoms with E-state index in [1.165, 1.54) is 6.07 Å². The van der Waals surface area contributed by atoms with E-state index < -0.39 is 0 Å². The second-order valence-corrected chi connectivity index (χ2v) is 4.97. The normalized spacial score (nSPS) is 22.4. The van der Waals surface area contributed by atoms with Crippen molar-refractivity contribution in [3.63, 3.8) is 0 Å². The maximum atomic E-state index is 14.0. The van der Waals surface area contributed by atoms with Crippen LogP contribution in [0.4, 0.5) is 4.39 Å². The molecular formula is C14H22FN3O. The summed E-state index contributed by atoms with van der Waals surface area (Å²) in [5, 5.41) is 0. The fourth-order valence-corrected chi connectivity index (χ4v) is 2.52. The van der Waals surface area contributed by atoms with E-state index in [2.05, 4.69) is 17.2 Å². The topological polar surface area (TPSA) is 50.5 Å². The third-order valence-corrected chi connectivity index (χ3v) is 3.66. The molecule has 0 spiro atoms. The van der Waals surface area contributed by atoms with Crippen LogP contribution in [0, 0.1) is 12.7 Å². The molecule has 1 fully saturated rings. The molecule has 3 N–H and O–H groups in total. The van der Waals surface area contributed by atoms with Crippen LogP contribution in [0.5, 0.6) is 0 Å². The summed E-state index contributed by atoms with van der Waals surface area (Å²) in [6, 6.07) is 4.74. The number of hydrogen-bond acceptors (Lipinski definition) is 4. The van der Waals surface area contributed by atoms with Gasteiger partial charge in [0.15, 0.2) is 0 Å². The summed E-state index contributed by atoms with van der Waals surface area (Å²) in [4.78, 5) is 2.28. The molecule has 0 bridgehead atoms. The minimum absolute atomic E-state index is 0.130. The first-order chi connectivity index (χ1) is 9.15. The average molecular weight is 267 g/mol. The fourth-order valence-electron chi connectivity index (χ4n) is 2.52. The van der Waals surface area contributed by atoms with Crippen LogP contribution < -0.4 is 11.3 Å². The van der Waals surface area contributed by atoms with Gasteiger partial charge in [0, 0.05) is 18.7 Å². The van der Waals surface area contributed by atoms with Gasteiger partial charge in [-0.05, 0) is 19.5 Å². The van der Waals surface area contributed by atoms with Crippen molar-refractivity contribution >= 4 is 0 Å². The molecule has 1 heterocycles. The molecular weight excluding hydrogens is 245 g/mol. The molecule has 0 amide bonds. The SMILES string of the molecule is CCN1CCOC(C(NN)c2cc(C)ccc2F)C1. The van der Waals surface area contributed by atoms with Crippen LogP contribution in [0.1, 0.15) is 24.1 Å². The summed E-state index contributed by atoms with van der Waals surface area (Å²) in [6.45, 7) is 7.36. The molecule has 4 nitrogen and oxygen atoms in total. The number of ether oxygens (including phenoxy) is 1. The van der Waals surface area contributed by atoms with E-state index in [-0.39, 0.29) is 18.0 Å². The van der Waals surface area contributed by atoms with Gasteiger partial charge in [0.1, 0.15) is 5.82 Å². The summed E-state index contributed by atoms with van der Waals surface area (Å²) < 4.78 is 19.7. The van der Waals surface area contributed by atoms with Crippen LogP contribution in [0.2, 0.25) is 0 Å². The van der Waals surface area contributed by atoms with E-state index in [9.17, 15) is 4.39 Å². The Balaban J connectivity index is 2.21. The Hall–Kier alpha value is -1.01. The molecule has 1 aromatic carbocycles. The van der Waals surface area contributed by atoms with Crippen molar-refractivity contribution < 1.29 is 9.13 Å². The number of likely N-dealkylation sites (N-methyl/N-ethyl adjacent to an activating group) is 1. The number of rotatable bonds is 4. The molecule has 2 rings (SSSR count). The second kappa shape index (κ2) is 6.43. The monoisotopic (exact) mass is 267 g/mol. The zero-order valence-corrected chi connectivity index (χ0v) is 11.5. The van der Waals surface area contributed by atoms with Gasteiger partial charge in [-0.1, -0.05) is 24.6 Å². The van der Waals surface area contributed by atoms with Crippen LogP contribution in [-0.4, -0.2) is 37.2 Å². The smallest absolute Gasteiger partial charge is 0.128 e. The van der Waals surface area contributed by atoms with E-state index in [4.69, 9.17) is 10.6 Å². The van der Waals surface area contributed by atoms with Crippen molar-refractivity contribution in [1.82, 2.24) is 10.3 Å². The highest BCUT2D eigenvalue weighted by atomic mass is 19.1. The van der Waals surface area contributed by atoms with Crippen molar-refractivity contribution in [1.29, 1.82) is 0 Å². The van der Waals surface area contributed by atoms with Gasteiger partial charge < -0.3 is 4.74 Å². The average Bonchev–Trinajstić information content (AvgIpc) is 2.44. The standard InChI is InChI=1S/C14H22FN3O/c1-3-18-6-7-19-13(9-18)14(17-16)11-8-10(2)4-5-12(11)15/h4-5,8,13-14,17H,3,6-7,9,16H2,1-2H3. The van der Waals surface area contributed by atoms with Gasteiger partial charge in [0.05, 0.1) is 18.8 Å². The quantitative estimate of drug-likeness (QED) is 0.639. The summed E-state index contributed by atoms with van der Waals surface area (Å²) in [5.41, 5.74) is 4.30. The molecule has 0 radical (unpaired) electrons.